The second kappa shape index (κ2) is 8.65. The van der Waals surface area contributed by atoms with Gasteiger partial charge in [-0.25, -0.2) is 9.37 Å². The van der Waals surface area contributed by atoms with Crippen molar-refractivity contribution >= 4 is 21.9 Å². The van der Waals surface area contributed by atoms with Gasteiger partial charge in [-0.05, 0) is 36.4 Å². The van der Waals surface area contributed by atoms with Crippen LogP contribution < -0.4 is 5.32 Å². The summed E-state index contributed by atoms with van der Waals surface area (Å²) in [5.74, 6) is -0.0563. The summed E-state index contributed by atoms with van der Waals surface area (Å²) in [7, 11) is 0. The van der Waals surface area contributed by atoms with E-state index in [1.165, 1.54) is 0 Å². The Labute approximate surface area is 198 Å². The summed E-state index contributed by atoms with van der Waals surface area (Å²) in [6.45, 7) is 3.50. The molecule has 0 bridgehead atoms. The van der Waals surface area contributed by atoms with E-state index in [1.54, 1.807) is 37.2 Å². The predicted octanol–water partition coefficient (Wildman–Crippen LogP) is 4.27. The van der Waals surface area contributed by atoms with Crippen LogP contribution >= 0.6 is 0 Å². The maximum Gasteiger partial charge on any atom is 0.161 e. The Kier molecular flexibility index (Phi) is 5.19. The lowest BCUT2D eigenvalue weighted by Gasteiger charge is -2.07. The van der Waals surface area contributed by atoms with Crippen LogP contribution in [0.2, 0.25) is 0 Å². The number of pyridine rings is 4. The molecule has 35 heavy (non-hydrogen) atoms. The summed E-state index contributed by atoms with van der Waals surface area (Å²) >= 11 is 0. The lowest BCUT2D eigenvalue weighted by molar-refractivity contribution is 0.638. The zero-order chi connectivity index (χ0) is 23.8. The quantitative estimate of drug-likeness (QED) is 0.336. The van der Waals surface area contributed by atoms with E-state index in [-0.39, 0.29) is 5.69 Å². The van der Waals surface area contributed by atoms with Crippen LogP contribution in [0.25, 0.3) is 56.0 Å². The molecule has 6 heterocycles. The summed E-state index contributed by atoms with van der Waals surface area (Å²) in [5.41, 5.74) is 5.54. The van der Waals surface area contributed by atoms with Gasteiger partial charge in [0.2, 0.25) is 0 Å². The van der Waals surface area contributed by atoms with E-state index in [4.69, 9.17) is 4.98 Å². The van der Waals surface area contributed by atoms with Crippen LogP contribution in [0.15, 0.2) is 61.4 Å². The van der Waals surface area contributed by atoms with Crippen LogP contribution in [0, 0.1) is 5.82 Å². The maximum absolute atomic E-state index is 15.9. The molecule has 0 aromatic carbocycles. The molecule has 0 unspecified atom stereocenters. The number of aromatic amines is 2. The molecule has 0 saturated heterocycles. The molecule has 172 valence electrons. The minimum absolute atomic E-state index is 0.208. The van der Waals surface area contributed by atoms with Gasteiger partial charge in [-0.15, -0.1) is 0 Å². The maximum atomic E-state index is 15.9. The largest absolute Gasteiger partial charge is 0.336 e. The third-order valence-electron chi connectivity index (χ3n) is 5.75. The van der Waals surface area contributed by atoms with Gasteiger partial charge in [0, 0.05) is 48.7 Å². The minimum atomic E-state index is -0.486. The number of hydrogen-bond acceptors (Lipinski definition) is 7. The first kappa shape index (κ1) is 21.0. The number of hydrogen-bond donors (Lipinski definition) is 3. The molecule has 0 amide bonds. The summed E-state index contributed by atoms with van der Waals surface area (Å²) in [6.07, 6.45) is 10.1. The molecule has 10 heteroatoms. The van der Waals surface area contributed by atoms with E-state index in [0.717, 1.165) is 23.2 Å². The first-order chi connectivity index (χ1) is 17.2. The van der Waals surface area contributed by atoms with E-state index in [9.17, 15) is 0 Å². The van der Waals surface area contributed by atoms with E-state index in [2.05, 4.69) is 40.4 Å². The Balaban J connectivity index is 1.48. The molecule has 0 radical (unpaired) electrons. The van der Waals surface area contributed by atoms with Crippen LogP contribution in [-0.2, 0) is 6.54 Å². The molecule has 9 nitrogen and oxygen atoms in total. The van der Waals surface area contributed by atoms with Crippen molar-refractivity contribution in [2.45, 2.75) is 13.5 Å². The van der Waals surface area contributed by atoms with Gasteiger partial charge in [0.05, 0.1) is 28.3 Å². The van der Waals surface area contributed by atoms with Gasteiger partial charge in [-0.3, -0.25) is 25.0 Å². The highest BCUT2D eigenvalue weighted by Gasteiger charge is 2.21. The van der Waals surface area contributed by atoms with Gasteiger partial charge in [0.15, 0.2) is 11.6 Å². The molecule has 0 aliphatic carbocycles. The Bertz CT molecular complexity index is 1660. The molecule has 6 aromatic rings. The highest BCUT2D eigenvalue weighted by molar-refractivity contribution is 5.97. The Morgan fingerprint density at radius 3 is 2.69 bits per heavy atom. The molecule has 6 aromatic heterocycles. The summed E-state index contributed by atoms with van der Waals surface area (Å²) in [6, 6.07) is 7.48. The number of halogens is 1. The lowest BCUT2D eigenvalue weighted by Crippen LogP contribution is -2.11. The third-order valence-corrected chi connectivity index (χ3v) is 5.75. The van der Waals surface area contributed by atoms with Crippen LogP contribution in [0.5, 0.6) is 0 Å². The van der Waals surface area contributed by atoms with Crippen molar-refractivity contribution in [2.75, 3.05) is 6.54 Å². The first-order valence-electron chi connectivity index (χ1n) is 11.2. The van der Waals surface area contributed by atoms with Crippen molar-refractivity contribution in [2.24, 2.45) is 0 Å². The molecule has 0 aliphatic heterocycles. The fraction of sp³-hybridized carbons (Fsp3) is 0.120. The molecular weight excluding hydrogens is 445 g/mol. The second-order valence-corrected chi connectivity index (χ2v) is 8.03. The number of fused-ring (bicyclic) bond motifs is 2. The van der Waals surface area contributed by atoms with Crippen LogP contribution in [-0.4, -0.2) is 46.6 Å². The third kappa shape index (κ3) is 3.69. The van der Waals surface area contributed by atoms with Crippen molar-refractivity contribution in [3.8, 4) is 34.0 Å². The average molecular weight is 465 g/mol. The van der Waals surface area contributed by atoms with Gasteiger partial charge in [0.25, 0.3) is 0 Å². The van der Waals surface area contributed by atoms with E-state index in [1.807, 2.05) is 31.2 Å². The minimum Gasteiger partial charge on any atom is -0.336 e. The summed E-state index contributed by atoms with van der Waals surface area (Å²) < 4.78 is 15.9. The number of nitrogens with zero attached hydrogens (tertiary/aromatic N) is 6. The number of aromatic nitrogens is 8. The number of rotatable bonds is 6. The standard InChI is InChI=1S/C25H20FN9/c1-2-27-9-14-8-16(12-29-10-14)21-20(26)19-18(13-31-21)34-35-24(19)25-32-17-5-7-30-22(23(17)33-25)15-4-3-6-28-11-15/h3-8,10-13,27H,2,9H2,1H3,(H,32,33)(H,34,35). The van der Waals surface area contributed by atoms with Gasteiger partial charge in [-0.2, -0.15) is 5.10 Å². The molecule has 0 spiro atoms. The smallest absolute Gasteiger partial charge is 0.161 e. The monoisotopic (exact) mass is 465 g/mol. The van der Waals surface area contributed by atoms with Crippen LogP contribution in [0.3, 0.4) is 0 Å². The molecule has 0 atom stereocenters. The fourth-order valence-electron chi connectivity index (χ4n) is 4.09. The van der Waals surface area contributed by atoms with Crippen molar-refractivity contribution < 1.29 is 4.39 Å². The van der Waals surface area contributed by atoms with Gasteiger partial charge < -0.3 is 10.3 Å². The molecular formula is C25H20FN9. The molecule has 0 aliphatic rings. The number of imidazole rings is 1. The predicted molar refractivity (Wildman–Crippen MR) is 131 cm³/mol. The van der Waals surface area contributed by atoms with Gasteiger partial charge >= 0.3 is 0 Å². The number of nitrogens with one attached hydrogen (secondary N) is 3. The lowest BCUT2D eigenvalue weighted by atomic mass is 10.1. The molecule has 3 N–H and O–H groups in total. The molecule has 0 saturated carbocycles. The number of H-pyrrole nitrogens is 2. The topological polar surface area (TPSA) is 121 Å². The summed E-state index contributed by atoms with van der Waals surface area (Å²) in [5, 5.41) is 10.8. The average Bonchev–Trinajstić information content (AvgIpc) is 3.53. The van der Waals surface area contributed by atoms with Gasteiger partial charge in [0.1, 0.15) is 16.9 Å². The fourth-order valence-corrected chi connectivity index (χ4v) is 4.09. The zero-order valence-corrected chi connectivity index (χ0v) is 18.7. The van der Waals surface area contributed by atoms with Crippen molar-refractivity contribution in [1.82, 2.24) is 45.4 Å². The Morgan fingerprint density at radius 2 is 1.83 bits per heavy atom. The van der Waals surface area contributed by atoms with Crippen LogP contribution in [0.1, 0.15) is 12.5 Å². The summed E-state index contributed by atoms with van der Waals surface area (Å²) in [4.78, 5) is 25.3. The van der Waals surface area contributed by atoms with Crippen molar-refractivity contribution in [3.05, 3.63) is 72.8 Å². The first-order valence-corrected chi connectivity index (χ1v) is 11.2. The normalized spacial score (nSPS) is 11.5. The van der Waals surface area contributed by atoms with E-state index >= 15 is 4.39 Å². The van der Waals surface area contributed by atoms with Crippen molar-refractivity contribution in [1.29, 1.82) is 0 Å². The molecule has 0 fully saturated rings. The van der Waals surface area contributed by atoms with Gasteiger partial charge in [-0.1, -0.05) is 6.92 Å². The Morgan fingerprint density at radius 1 is 0.914 bits per heavy atom. The van der Waals surface area contributed by atoms with E-state index in [0.29, 0.717) is 45.7 Å². The van der Waals surface area contributed by atoms with E-state index < -0.39 is 5.82 Å². The molecule has 6 rings (SSSR count). The SMILES string of the molecule is CCNCc1cncc(-c2ncc3[nH]nc(-c4nc5c(-c6cccnc6)nccc5[nH]4)c3c2F)c1. The highest BCUT2D eigenvalue weighted by Crippen LogP contribution is 2.33. The second-order valence-electron chi connectivity index (χ2n) is 8.03. The zero-order valence-electron chi connectivity index (χ0n) is 18.7. The highest BCUT2D eigenvalue weighted by atomic mass is 19.1. The van der Waals surface area contributed by atoms with Crippen molar-refractivity contribution in [3.63, 3.8) is 0 Å². The van der Waals surface area contributed by atoms with Crippen LogP contribution in [0.4, 0.5) is 4.39 Å². The Hall–Kier alpha value is -4.57.